The second kappa shape index (κ2) is 6.95. The molecule has 1 aromatic rings. The Morgan fingerprint density at radius 1 is 1.15 bits per heavy atom. The van der Waals surface area contributed by atoms with E-state index in [1.807, 2.05) is 39.8 Å². The smallest absolute Gasteiger partial charge is 0.128 e. The van der Waals surface area contributed by atoms with Gasteiger partial charge in [0.1, 0.15) is 17.6 Å². The van der Waals surface area contributed by atoms with E-state index >= 15 is 0 Å². The Bertz CT molecular complexity index is 423. The van der Waals surface area contributed by atoms with Crippen molar-refractivity contribution in [1.82, 2.24) is 0 Å². The number of hydrogen-bond donors (Lipinski definition) is 1. The molecular weight excluding hydrogens is 256 g/mol. The number of rotatable bonds is 6. The Morgan fingerprint density at radius 2 is 1.80 bits per heavy atom. The summed E-state index contributed by atoms with van der Waals surface area (Å²) >= 11 is 0. The molecule has 0 aliphatic carbocycles. The molecule has 2 atom stereocenters. The number of hydrogen-bond acceptors (Lipinski definition) is 4. The van der Waals surface area contributed by atoms with Crippen molar-refractivity contribution in [3.63, 3.8) is 0 Å². The van der Waals surface area contributed by atoms with E-state index in [-0.39, 0.29) is 11.5 Å². The maximum Gasteiger partial charge on any atom is 0.128 e. The van der Waals surface area contributed by atoms with Crippen molar-refractivity contribution in [3.8, 4) is 11.5 Å². The number of ether oxygens (including phenoxy) is 3. The molecule has 0 saturated heterocycles. The minimum absolute atomic E-state index is 0.180. The molecule has 1 aromatic carbocycles. The van der Waals surface area contributed by atoms with Crippen LogP contribution in [0.4, 0.5) is 0 Å². The summed E-state index contributed by atoms with van der Waals surface area (Å²) in [6, 6.07) is 5.40. The fraction of sp³-hybridized carbons (Fsp3) is 0.625. The molecule has 0 bridgehead atoms. The van der Waals surface area contributed by atoms with Gasteiger partial charge in [-0.25, -0.2) is 0 Å². The van der Waals surface area contributed by atoms with Crippen LogP contribution < -0.4 is 9.47 Å². The van der Waals surface area contributed by atoms with Crippen LogP contribution in [-0.2, 0) is 4.74 Å². The lowest BCUT2D eigenvalue weighted by Crippen LogP contribution is -2.35. The largest absolute Gasteiger partial charge is 0.497 e. The van der Waals surface area contributed by atoms with E-state index in [4.69, 9.17) is 14.2 Å². The van der Waals surface area contributed by atoms with Gasteiger partial charge in [-0.2, -0.15) is 0 Å². The maximum absolute atomic E-state index is 10.7. The molecule has 0 aromatic heterocycles. The van der Waals surface area contributed by atoms with Gasteiger partial charge < -0.3 is 19.3 Å². The van der Waals surface area contributed by atoms with Gasteiger partial charge in [-0.3, -0.25) is 0 Å². The van der Waals surface area contributed by atoms with Gasteiger partial charge in [0.25, 0.3) is 0 Å². The van der Waals surface area contributed by atoms with Crippen LogP contribution in [0.3, 0.4) is 0 Å². The summed E-state index contributed by atoms with van der Waals surface area (Å²) in [6.45, 7) is 8.62. The Hall–Kier alpha value is -1.26. The van der Waals surface area contributed by atoms with Crippen molar-refractivity contribution in [3.05, 3.63) is 23.8 Å². The summed E-state index contributed by atoms with van der Waals surface area (Å²) in [7, 11) is 3.18. The molecule has 1 rings (SSSR count). The fourth-order valence-corrected chi connectivity index (χ4v) is 2.22. The first-order chi connectivity index (χ1) is 9.35. The number of aliphatic hydroxyl groups excluding tert-OH is 1. The molecule has 0 spiro atoms. The van der Waals surface area contributed by atoms with Gasteiger partial charge in [0.2, 0.25) is 0 Å². The zero-order valence-electron chi connectivity index (χ0n) is 13.3. The van der Waals surface area contributed by atoms with Gasteiger partial charge in [-0.1, -0.05) is 20.8 Å². The molecule has 20 heavy (non-hydrogen) atoms. The zero-order valence-corrected chi connectivity index (χ0v) is 13.3. The van der Waals surface area contributed by atoms with Crippen molar-refractivity contribution in [1.29, 1.82) is 0 Å². The predicted octanol–water partition coefficient (Wildman–Crippen LogP) is 3.19. The molecule has 2 unspecified atom stereocenters. The molecule has 4 nitrogen and oxygen atoms in total. The third-order valence-corrected chi connectivity index (χ3v) is 3.25. The molecule has 4 heteroatoms. The van der Waals surface area contributed by atoms with Crippen molar-refractivity contribution < 1.29 is 19.3 Å². The summed E-state index contributed by atoms with van der Waals surface area (Å²) in [6.07, 6.45) is -1.06. The quantitative estimate of drug-likeness (QED) is 0.870. The van der Waals surface area contributed by atoms with Gasteiger partial charge in [0, 0.05) is 18.2 Å². The van der Waals surface area contributed by atoms with Gasteiger partial charge >= 0.3 is 0 Å². The van der Waals surface area contributed by atoms with Crippen LogP contribution in [0.2, 0.25) is 0 Å². The first-order valence-electron chi connectivity index (χ1n) is 6.86. The molecule has 0 fully saturated rings. The summed E-state index contributed by atoms with van der Waals surface area (Å²) in [5.41, 5.74) is 0.530. The number of benzene rings is 1. The highest BCUT2D eigenvalue weighted by Gasteiger charge is 2.34. The lowest BCUT2D eigenvalue weighted by Gasteiger charge is -2.34. The molecule has 0 amide bonds. The topological polar surface area (TPSA) is 47.9 Å². The molecule has 0 radical (unpaired) electrons. The van der Waals surface area contributed by atoms with Crippen molar-refractivity contribution in [2.75, 3.05) is 20.8 Å². The van der Waals surface area contributed by atoms with E-state index in [1.54, 1.807) is 20.3 Å². The minimum atomic E-state index is -0.754. The molecule has 1 N–H and O–H groups in total. The third kappa shape index (κ3) is 3.87. The summed E-state index contributed by atoms with van der Waals surface area (Å²) < 4.78 is 16.3. The van der Waals surface area contributed by atoms with E-state index in [2.05, 4.69) is 0 Å². The Balaban J connectivity index is 3.14. The second-order valence-corrected chi connectivity index (χ2v) is 5.79. The lowest BCUT2D eigenvalue weighted by atomic mass is 9.83. The molecular formula is C16H26O4. The number of methoxy groups -OCH3 is 2. The first kappa shape index (κ1) is 16.8. The van der Waals surface area contributed by atoms with E-state index < -0.39 is 6.10 Å². The standard InChI is InChI=1S/C16H26O4/c1-7-20-15(16(2,3)4)14(17)12-9-8-11(18-5)10-13(12)19-6/h8-10,14-15,17H,7H2,1-6H3. The van der Waals surface area contributed by atoms with Gasteiger partial charge in [0.05, 0.1) is 20.3 Å². The van der Waals surface area contributed by atoms with Crippen LogP contribution in [0.5, 0.6) is 11.5 Å². The van der Waals surface area contributed by atoms with Crippen LogP contribution in [-0.4, -0.2) is 32.0 Å². The molecule has 0 aliphatic heterocycles. The van der Waals surface area contributed by atoms with Crippen LogP contribution in [0, 0.1) is 5.41 Å². The first-order valence-corrected chi connectivity index (χ1v) is 6.86. The van der Waals surface area contributed by atoms with E-state index in [9.17, 15) is 5.11 Å². The Labute approximate surface area is 121 Å². The van der Waals surface area contributed by atoms with Crippen molar-refractivity contribution >= 4 is 0 Å². The van der Waals surface area contributed by atoms with Gasteiger partial charge in [-0.15, -0.1) is 0 Å². The summed E-state index contributed by atoms with van der Waals surface area (Å²) in [5, 5.41) is 10.7. The van der Waals surface area contributed by atoms with Crippen molar-refractivity contribution in [2.45, 2.75) is 39.9 Å². The van der Waals surface area contributed by atoms with E-state index in [0.717, 1.165) is 0 Å². The van der Waals surface area contributed by atoms with Crippen LogP contribution in [0.15, 0.2) is 18.2 Å². The minimum Gasteiger partial charge on any atom is -0.497 e. The van der Waals surface area contributed by atoms with Gasteiger partial charge in [-0.05, 0) is 24.5 Å². The van der Waals surface area contributed by atoms with Crippen LogP contribution in [0.25, 0.3) is 0 Å². The normalized spacial score (nSPS) is 14.8. The van der Waals surface area contributed by atoms with Gasteiger partial charge in [0.15, 0.2) is 0 Å². The van der Waals surface area contributed by atoms with Crippen LogP contribution in [0.1, 0.15) is 39.4 Å². The SMILES string of the molecule is CCOC(C(O)c1ccc(OC)cc1OC)C(C)(C)C. The lowest BCUT2D eigenvalue weighted by molar-refractivity contribution is -0.0904. The number of aliphatic hydroxyl groups is 1. The molecule has 0 heterocycles. The summed E-state index contributed by atoms with van der Waals surface area (Å²) in [5.74, 6) is 1.30. The van der Waals surface area contributed by atoms with Crippen molar-refractivity contribution in [2.24, 2.45) is 5.41 Å². The summed E-state index contributed by atoms with van der Waals surface area (Å²) in [4.78, 5) is 0. The van der Waals surface area contributed by atoms with E-state index in [0.29, 0.717) is 23.7 Å². The predicted molar refractivity (Wildman–Crippen MR) is 79.4 cm³/mol. The highest BCUT2D eigenvalue weighted by atomic mass is 16.5. The average molecular weight is 282 g/mol. The Morgan fingerprint density at radius 3 is 2.25 bits per heavy atom. The van der Waals surface area contributed by atoms with Crippen LogP contribution >= 0.6 is 0 Å². The third-order valence-electron chi connectivity index (χ3n) is 3.25. The molecule has 114 valence electrons. The second-order valence-electron chi connectivity index (χ2n) is 5.79. The monoisotopic (exact) mass is 282 g/mol. The Kier molecular flexibility index (Phi) is 5.84. The maximum atomic E-state index is 10.7. The fourth-order valence-electron chi connectivity index (χ4n) is 2.22. The zero-order chi connectivity index (χ0) is 15.3. The highest BCUT2D eigenvalue weighted by molar-refractivity contribution is 5.42. The highest BCUT2D eigenvalue weighted by Crippen LogP contribution is 2.37. The molecule has 0 aliphatic rings. The van der Waals surface area contributed by atoms with E-state index in [1.165, 1.54) is 0 Å². The average Bonchev–Trinajstić information content (AvgIpc) is 2.42. The molecule has 0 saturated carbocycles.